The summed E-state index contributed by atoms with van der Waals surface area (Å²) < 4.78 is 4.82. The van der Waals surface area contributed by atoms with Crippen LogP contribution in [0.3, 0.4) is 0 Å². The lowest BCUT2D eigenvalue weighted by Crippen LogP contribution is -2.26. The van der Waals surface area contributed by atoms with E-state index in [0.717, 1.165) is 0 Å². The van der Waals surface area contributed by atoms with E-state index in [4.69, 9.17) is 9.63 Å². The van der Waals surface area contributed by atoms with E-state index in [1.165, 1.54) is 0 Å². The first kappa shape index (κ1) is 11.2. The number of nitrogens with zero attached hydrogens (tertiary/aromatic N) is 1. The number of hydrogen-bond acceptors (Lipinski definition) is 4. The van der Waals surface area contributed by atoms with Gasteiger partial charge in [0, 0.05) is 12.1 Å². The van der Waals surface area contributed by atoms with Gasteiger partial charge >= 0.3 is 5.97 Å². The van der Waals surface area contributed by atoms with E-state index in [2.05, 4.69) is 10.5 Å². The van der Waals surface area contributed by atoms with Crippen LogP contribution < -0.4 is 5.32 Å². The van der Waals surface area contributed by atoms with E-state index >= 15 is 0 Å². The summed E-state index contributed by atoms with van der Waals surface area (Å²) in [6.45, 7) is 3.51. The lowest BCUT2D eigenvalue weighted by atomic mass is 10.2. The number of nitrogens with one attached hydrogen (secondary N) is 1. The van der Waals surface area contributed by atoms with Crippen LogP contribution in [0.15, 0.2) is 4.52 Å². The molecule has 15 heavy (non-hydrogen) atoms. The molecular weight excluding hydrogens is 200 g/mol. The fourth-order valence-corrected chi connectivity index (χ4v) is 0.996. The molecule has 0 saturated heterocycles. The number of aliphatic carboxylic acids is 1. The zero-order valence-corrected chi connectivity index (χ0v) is 8.53. The lowest BCUT2D eigenvalue weighted by molar-refractivity contribution is -0.136. The number of carbonyl (C=O) groups is 2. The summed E-state index contributed by atoms with van der Waals surface area (Å²) in [6, 6.07) is 0. The van der Waals surface area contributed by atoms with Crippen molar-refractivity contribution in [3.05, 3.63) is 17.0 Å². The first-order valence-electron chi connectivity index (χ1n) is 4.45. The van der Waals surface area contributed by atoms with Crippen LogP contribution in [0.1, 0.15) is 28.2 Å². The third kappa shape index (κ3) is 2.80. The van der Waals surface area contributed by atoms with Crippen LogP contribution in [0.4, 0.5) is 0 Å². The summed E-state index contributed by atoms with van der Waals surface area (Å²) >= 11 is 0. The third-order valence-corrected chi connectivity index (χ3v) is 2.00. The second-order valence-corrected chi connectivity index (χ2v) is 3.11. The molecule has 0 saturated carbocycles. The number of carboxylic acid groups (broad SMARTS) is 1. The van der Waals surface area contributed by atoms with Gasteiger partial charge in [-0.1, -0.05) is 5.16 Å². The number of rotatable bonds is 4. The van der Waals surface area contributed by atoms with Crippen molar-refractivity contribution in [3.8, 4) is 0 Å². The van der Waals surface area contributed by atoms with E-state index < -0.39 is 11.9 Å². The standard InChI is InChI=1S/C9H12N2O4/c1-5-6(2)15-11-8(5)9(14)10-4-3-7(12)13/h3-4H2,1-2H3,(H,10,14)(H,12,13). The Hall–Kier alpha value is -1.85. The summed E-state index contributed by atoms with van der Waals surface area (Å²) in [5, 5.41) is 14.4. The van der Waals surface area contributed by atoms with Crippen molar-refractivity contribution in [2.75, 3.05) is 6.54 Å². The Labute approximate surface area is 86.3 Å². The van der Waals surface area contributed by atoms with Gasteiger partial charge in [0.05, 0.1) is 6.42 Å². The van der Waals surface area contributed by atoms with Crippen molar-refractivity contribution in [1.29, 1.82) is 0 Å². The van der Waals surface area contributed by atoms with Gasteiger partial charge in [-0.05, 0) is 13.8 Å². The largest absolute Gasteiger partial charge is 0.481 e. The van der Waals surface area contributed by atoms with E-state index in [0.29, 0.717) is 11.3 Å². The molecule has 82 valence electrons. The Morgan fingerprint density at radius 2 is 2.13 bits per heavy atom. The van der Waals surface area contributed by atoms with Gasteiger partial charge in [0.25, 0.3) is 5.91 Å². The molecule has 0 bridgehead atoms. The molecule has 0 aromatic carbocycles. The molecule has 0 atom stereocenters. The fourth-order valence-electron chi connectivity index (χ4n) is 0.996. The zero-order chi connectivity index (χ0) is 11.4. The quantitative estimate of drug-likeness (QED) is 0.757. The SMILES string of the molecule is Cc1onc(C(=O)NCCC(=O)O)c1C. The maximum atomic E-state index is 11.4. The van der Waals surface area contributed by atoms with Gasteiger partial charge in [0.1, 0.15) is 5.76 Å². The van der Waals surface area contributed by atoms with Crippen LogP contribution in [0.2, 0.25) is 0 Å². The molecule has 6 nitrogen and oxygen atoms in total. The molecule has 0 radical (unpaired) electrons. The molecule has 1 amide bonds. The van der Waals surface area contributed by atoms with Crippen molar-refractivity contribution < 1.29 is 19.2 Å². The first-order valence-corrected chi connectivity index (χ1v) is 4.45. The molecule has 6 heteroatoms. The molecule has 1 heterocycles. The molecule has 0 spiro atoms. The highest BCUT2D eigenvalue weighted by molar-refractivity contribution is 5.93. The van der Waals surface area contributed by atoms with E-state index in [1.54, 1.807) is 13.8 Å². The molecule has 0 aliphatic carbocycles. The highest BCUT2D eigenvalue weighted by Gasteiger charge is 2.15. The van der Waals surface area contributed by atoms with Crippen molar-refractivity contribution in [2.24, 2.45) is 0 Å². The number of amides is 1. The Kier molecular flexibility index (Phi) is 3.43. The van der Waals surface area contributed by atoms with Gasteiger partial charge in [0.2, 0.25) is 0 Å². The minimum absolute atomic E-state index is 0.0829. The van der Waals surface area contributed by atoms with Crippen molar-refractivity contribution in [1.82, 2.24) is 10.5 Å². The Balaban J connectivity index is 2.54. The molecule has 0 aliphatic heterocycles. The summed E-state index contributed by atoms with van der Waals surface area (Å²) in [6.07, 6.45) is -0.110. The molecule has 1 aromatic rings. The summed E-state index contributed by atoms with van der Waals surface area (Å²) in [5.41, 5.74) is 0.876. The fraction of sp³-hybridized carbons (Fsp3) is 0.444. The van der Waals surface area contributed by atoms with E-state index in [9.17, 15) is 9.59 Å². The number of aromatic nitrogens is 1. The maximum Gasteiger partial charge on any atom is 0.305 e. The second-order valence-electron chi connectivity index (χ2n) is 3.11. The van der Waals surface area contributed by atoms with Gasteiger partial charge in [-0.2, -0.15) is 0 Å². The van der Waals surface area contributed by atoms with Crippen LogP contribution in [-0.4, -0.2) is 28.7 Å². The van der Waals surface area contributed by atoms with Crippen LogP contribution in [0, 0.1) is 13.8 Å². The minimum atomic E-state index is -0.955. The van der Waals surface area contributed by atoms with Crippen LogP contribution >= 0.6 is 0 Å². The number of hydrogen-bond donors (Lipinski definition) is 2. The number of aryl methyl sites for hydroxylation is 1. The molecule has 0 fully saturated rings. The predicted molar refractivity (Wildman–Crippen MR) is 50.6 cm³/mol. The van der Waals surface area contributed by atoms with Crippen LogP contribution in [-0.2, 0) is 4.79 Å². The van der Waals surface area contributed by atoms with Gasteiger partial charge < -0.3 is 14.9 Å². The molecule has 1 rings (SSSR count). The highest BCUT2D eigenvalue weighted by atomic mass is 16.5. The van der Waals surface area contributed by atoms with Crippen LogP contribution in [0.5, 0.6) is 0 Å². The minimum Gasteiger partial charge on any atom is -0.481 e. The van der Waals surface area contributed by atoms with Crippen molar-refractivity contribution in [3.63, 3.8) is 0 Å². The van der Waals surface area contributed by atoms with Gasteiger partial charge in [-0.3, -0.25) is 9.59 Å². The number of carbonyl (C=O) groups excluding carboxylic acids is 1. The van der Waals surface area contributed by atoms with E-state index in [-0.39, 0.29) is 18.7 Å². The zero-order valence-electron chi connectivity index (χ0n) is 8.53. The highest BCUT2D eigenvalue weighted by Crippen LogP contribution is 2.10. The monoisotopic (exact) mass is 212 g/mol. The Morgan fingerprint density at radius 3 is 2.60 bits per heavy atom. The van der Waals surface area contributed by atoms with Gasteiger partial charge in [0.15, 0.2) is 5.69 Å². The lowest BCUT2D eigenvalue weighted by Gasteiger charge is -2.00. The van der Waals surface area contributed by atoms with Crippen molar-refractivity contribution >= 4 is 11.9 Å². The van der Waals surface area contributed by atoms with E-state index in [1.807, 2.05) is 0 Å². The Bertz CT molecular complexity index is 383. The summed E-state index contributed by atoms with van der Waals surface area (Å²) in [4.78, 5) is 21.6. The molecular formula is C9H12N2O4. The molecule has 0 unspecified atom stereocenters. The van der Waals surface area contributed by atoms with Gasteiger partial charge in [-0.25, -0.2) is 0 Å². The predicted octanol–water partition coefficient (Wildman–Crippen LogP) is 0.496. The first-order chi connectivity index (χ1) is 7.02. The maximum absolute atomic E-state index is 11.4. The molecule has 1 aromatic heterocycles. The van der Waals surface area contributed by atoms with Gasteiger partial charge in [-0.15, -0.1) is 0 Å². The second kappa shape index (κ2) is 4.59. The smallest absolute Gasteiger partial charge is 0.305 e. The van der Waals surface area contributed by atoms with Crippen LogP contribution in [0.25, 0.3) is 0 Å². The van der Waals surface area contributed by atoms with Crippen molar-refractivity contribution in [2.45, 2.75) is 20.3 Å². The average molecular weight is 212 g/mol. The topological polar surface area (TPSA) is 92.4 Å². The third-order valence-electron chi connectivity index (χ3n) is 2.00. The summed E-state index contributed by atoms with van der Waals surface area (Å²) in [7, 11) is 0. The average Bonchev–Trinajstić information content (AvgIpc) is 2.47. The molecule has 2 N–H and O–H groups in total. The summed E-state index contributed by atoms with van der Waals surface area (Å²) in [5.74, 6) is -0.785. The molecule has 0 aliphatic rings. The normalized spacial score (nSPS) is 10.0. The number of carboxylic acids is 1. The Morgan fingerprint density at radius 1 is 1.47 bits per heavy atom.